The van der Waals surface area contributed by atoms with Crippen LogP contribution in [0.25, 0.3) is 0 Å². The van der Waals surface area contributed by atoms with Crippen molar-refractivity contribution in [3.63, 3.8) is 0 Å². The van der Waals surface area contributed by atoms with Gasteiger partial charge in [-0.2, -0.15) is 5.10 Å². The SMILES string of the molecule is CCN(Cc1cnn(C)c1)C(=O)c1cccc(N)c1. The minimum atomic E-state index is -0.0151. The summed E-state index contributed by atoms with van der Waals surface area (Å²) in [4.78, 5) is 14.2. The van der Waals surface area contributed by atoms with Gasteiger partial charge >= 0.3 is 0 Å². The predicted molar refractivity (Wildman–Crippen MR) is 74.5 cm³/mol. The van der Waals surface area contributed by atoms with Crippen LogP contribution in [-0.2, 0) is 13.6 Å². The van der Waals surface area contributed by atoms with Gasteiger partial charge in [-0.3, -0.25) is 9.48 Å². The molecule has 0 aliphatic rings. The summed E-state index contributed by atoms with van der Waals surface area (Å²) in [5, 5.41) is 4.11. The molecule has 2 N–H and O–H groups in total. The number of anilines is 1. The van der Waals surface area contributed by atoms with E-state index in [0.29, 0.717) is 24.3 Å². The fourth-order valence-corrected chi connectivity index (χ4v) is 1.96. The molecule has 5 nitrogen and oxygen atoms in total. The van der Waals surface area contributed by atoms with Crippen molar-refractivity contribution in [1.29, 1.82) is 0 Å². The molecule has 0 atom stereocenters. The zero-order valence-electron chi connectivity index (χ0n) is 11.2. The average molecular weight is 258 g/mol. The van der Waals surface area contributed by atoms with Crippen molar-refractivity contribution in [3.8, 4) is 0 Å². The van der Waals surface area contributed by atoms with E-state index in [-0.39, 0.29) is 5.91 Å². The Balaban J connectivity index is 2.15. The highest BCUT2D eigenvalue weighted by atomic mass is 16.2. The molecule has 0 unspecified atom stereocenters. The van der Waals surface area contributed by atoms with E-state index >= 15 is 0 Å². The molecule has 0 saturated carbocycles. The lowest BCUT2D eigenvalue weighted by Crippen LogP contribution is -2.30. The first kappa shape index (κ1) is 13.1. The van der Waals surface area contributed by atoms with Crippen molar-refractivity contribution in [3.05, 3.63) is 47.8 Å². The van der Waals surface area contributed by atoms with Crippen LogP contribution in [0.5, 0.6) is 0 Å². The van der Waals surface area contributed by atoms with Crippen molar-refractivity contribution in [2.75, 3.05) is 12.3 Å². The van der Waals surface area contributed by atoms with Crippen molar-refractivity contribution < 1.29 is 4.79 Å². The second-order valence-corrected chi connectivity index (χ2v) is 4.47. The Morgan fingerprint density at radius 1 is 1.47 bits per heavy atom. The Morgan fingerprint density at radius 3 is 2.84 bits per heavy atom. The van der Waals surface area contributed by atoms with E-state index in [4.69, 9.17) is 5.73 Å². The molecule has 2 aromatic rings. The maximum Gasteiger partial charge on any atom is 0.254 e. The van der Waals surface area contributed by atoms with Crippen molar-refractivity contribution in [2.24, 2.45) is 7.05 Å². The summed E-state index contributed by atoms with van der Waals surface area (Å²) in [5.41, 5.74) is 7.94. The summed E-state index contributed by atoms with van der Waals surface area (Å²) in [6.45, 7) is 3.15. The van der Waals surface area contributed by atoms with Crippen molar-refractivity contribution in [2.45, 2.75) is 13.5 Å². The van der Waals surface area contributed by atoms with E-state index in [2.05, 4.69) is 5.10 Å². The molecule has 0 spiro atoms. The third-order valence-corrected chi connectivity index (χ3v) is 2.93. The van der Waals surface area contributed by atoms with Crippen LogP contribution in [0.1, 0.15) is 22.8 Å². The maximum absolute atomic E-state index is 12.4. The number of nitrogens with two attached hydrogens (primary N) is 1. The van der Waals surface area contributed by atoms with Gasteiger partial charge in [0.1, 0.15) is 0 Å². The fraction of sp³-hybridized carbons (Fsp3) is 0.286. The number of hydrogen-bond donors (Lipinski definition) is 1. The lowest BCUT2D eigenvalue weighted by molar-refractivity contribution is 0.0752. The second kappa shape index (κ2) is 5.56. The summed E-state index contributed by atoms with van der Waals surface area (Å²) in [6, 6.07) is 7.05. The molecule has 1 aromatic carbocycles. The molecule has 0 aliphatic heterocycles. The van der Waals surface area contributed by atoms with Gasteiger partial charge in [0.25, 0.3) is 5.91 Å². The number of carbonyl (C=O) groups is 1. The summed E-state index contributed by atoms with van der Waals surface area (Å²) >= 11 is 0. The van der Waals surface area contributed by atoms with Gasteiger partial charge in [-0.15, -0.1) is 0 Å². The molecule has 0 radical (unpaired) electrons. The molecule has 0 saturated heterocycles. The second-order valence-electron chi connectivity index (χ2n) is 4.47. The van der Waals surface area contributed by atoms with Crippen LogP contribution in [0.2, 0.25) is 0 Å². The molecule has 2 rings (SSSR count). The van der Waals surface area contributed by atoms with Gasteiger partial charge in [-0.25, -0.2) is 0 Å². The van der Waals surface area contributed by atoms with E-state index in [0.717, 1.165) is 5.56 Å². The first-order valence-electron chi connectivity index (χ1n) is 6.22. The number of nitrogens with zero attached hydrogens (tertiary/aromatic N) is 3. The molecule has 100 valence electrons. The van der Waals surface area contributed by atoms with E-state index < -0.39 is 0 Å². The van der Waals surface area contributed by atoms with Gasteiger partial charge in [0.2, 0.25) is 0 Å². The normalized spacial score (nSPS) is 10.4. The predicted octanol–water partition coefficient (Wildman–Crippen LogP) is 1.66. The highest BCUT2D eigenvalue weighted by Gasteiger charge is 2.15. The Labute approximate surface area is 112 Å². The van der Waals surface area contributed by atoms with Gasteiger partial charge in [-0.05, 0) is 25.1 Å². The summed E-state index contributed by atoms with van der Waals surface area (Å²) in [7, 11) is 1.86. The molecule has 19 heavy (non-hydrogen) atoms. The largest absolute Gasteiger partial charge is 0.399 e. The van der Waals surface area contributed by atoms with E-state index in [9.17, 15) is 4.79 Å². The Bertz CT molecular complexity index is 576. The maximum atomic E-state index is 12.4. The number of benzene rings is 1. The van der Waals surface area contributed by atoms with Crippen LogP contribution in [0.15, 0.2) is 36.7 Å². The first-order valence-corrected chi connectivity index (χ1v) is 6.22. The average Bonchev–Trinajstić information content (AvgIpc) is 2.81. The third-order valence-electron chi connectivity index (χ3n) is 2.93. The number of aromatic nitrogens is 2. The smallest absolute Gasteiger partial charge is 0.254 e. The van der Waals surface area contributed by atoms with E-state index in [1.165, 1.54) is 0 Å². The number of aryl methyl sites for hydroxylation is 1. The Hall–Kier alpha value is -2.30. The number of carbonyl (C=O) groups excluding carboxylic acids is 1. The number of nitrogen functional groups attached to an aromatic ring is 1. The van der Waals surface area contributed by atoms with Crippen LogP contribution in [0, 0.1) is 0 Å². The summed E-state index contributed by atoms with van der Waals surface area (Å²) in [6.07, 6.45) is 3.69. The molecule has 0 fully saturated rings. The topological polar surface area (TPSA) is 64.2 Å². The summed E-state index contributed by atoms with van der Waals surface area (Å²) in [5.74, 6) is -0.0151. The van der Waals surface area contributed by atoms with Crippen LogP contribution in [0.4, 0.5) is 5.69 Å². The standard InChI is InChI=1S/C14H18N4O/c1-3-18(10-11-8-16-17(2)9-11)14(19)12-5-4-6-13(15)7-12/h4-9H,3,10,15H2,1-2H3. The van der Waals surface area contributed by atoms with Crippen LogP contribution >= 0.6 is 0 Å². The summed E-state index contributed by atoms with van der Waals surface area (Å²) < 4.78 is 1.73. The third kappa shape index (κ3) is 3.13. The van der Waals surface area contributed by atoms with E-state index in [1.54, 1.807) is 40.0 Å². The minimum Gasteiger partial charge on any atom is -0.399 e. The quantitative estimate of drug-likeness (QED) is 0.848. The lowest BCUT2D eigenvalue weighted by atomic mass is 10.1. The zero-order chi connectivity index (χ0) is 13.8. The van der Waals surface area contributed by atoms with Crippen LogP contribution < -0.4 is 5.73 Å². The molecule has 1 amide bonds. The van der Waals surface area contributed by atoms with Gasteiger partial charge < -0.3 is 10.6 Å². The highest BCUT2D eigenvalue weighted by molar-refractivity contribution is 5.95. The van der Waals surface area contributed by atoms with Gasteiger partial charge in [0, 0.05) is 43.1 Å². The number of rotatable bonds is 4. The molecule has 1 heterocycles. The Kier molecular flexibility index (Phi) is 3.85. The molecule has 1 aromatic heterocycles. The van der Waals surface area contributed by atoms with E-state index in [1.807, 2.05) is 20.2 Å². The zero-order valence-corrected chi connectivity index (χ0v) is 11.2. The van der Waals surface area contributed by atoms with Crippen LogP contribution in [-0.4, -0.2) is 27.1 Å². The number of amides is 1. The monoisotopic (exact) mass is 258 g/mol. The number of hydrogen-bond acceptors (Lipinski definition) is 3. The Morgan fingerprint density at radius 2 is 2.26 bits per heavy atom. The van der Waals surface area contributed by atoms with Gasteiger partial charge in [0.15, 0.2) is 0 Å². The van der Waals surface area contributed by atoms with Gasteiger partial charge in [0.05, 0.1) is 6.20 Å². The first-order chi connectivity index (χ1) is 9.10. The molecule has 0 bridgehead atoms. The molecule has 0 aliphatic carbocycles. The lowest BCUT2D eigenvalue weighted by Gasteiger charge is -2.20. The van der Waals surface area contributed by atoms with Crippen molar-refractivity contribution >= 4 is 11.6 Å². The van der Waals surface area contributed by atoms with Crippen molar-refractivity contribution in [1.82, 2.24) is 14.7 Å². The minimum absolute atomic E-state index is 0.0151. The molecule has 5 heteroatoms. The van der Waals surface area contributed by atoms with Gasteiger partial charge in [-0.1, -0.05) is 6.07 Å². The molecular weight excluding hydrogens is 240 g/mol. The molecular formula is C14H18N4O. The fourth-order valence-electron chi connectivity index (χ4n) is 1.96. The van der Waals surface area contributed by atoms with Crippen LogP contribution in [0.3, 0.4) is 0 Å². The highest BCUT2D eigenvalue weighted by Crippen LogP contribution is 2.12.